The number of aliphatic hydroxyl groups is 2. The van der Waals surface area contributed by atoms with Crippen LogP contribution in [-0.2, 0) is 9.47 Å². The fourth-order valence-corrected chi connectivity index (χ4v) is 0.969. The van der Waals surface area contributed by atoms with Crippen LogP contribution in [0.25, 0.3) is 0 Å². The van der Waals surface area contributed by atoms with E-state index in [0.717, 1.165) is 0 Å². The van der Waals surface area contributed by atoms with Gasteiger partial charge in [0, 0.05) is 7.11 Å². The molecule has 0 radical (unpaired) electrons. The van der Waals surface area contributed by atoms with Crippen LogP contribution >= 0.6 is 0 Å². The van der Waals surface area contributed by atoms with Crippen LogP contribution < -0.4 is 0 Å². The maximum atomic E-state index is 12.7. The Bertz CT molecular complexity index is 130. The number of alkyl halides is 1. The molecule has 66 valence electrons. The third kappa shape index (κ3) is 1.67. The summed E-state index contributed by atoms with van der Waals surface area (Å²) in [6, 6.07) is 0. The first-order chi connectivity index (χ1) is 5.16. The summed E-state index contributed by atoms with van der Waals surface area (Å²) >= 11 is 0. The van der Waals surface area contributed by atoms with Gasteiger partial charge in [-0.05, 0) is 0 Å². The Morgan fingerprint density at radius 1 is 1.55 bits per heavy atom. The van der Waals surface area contributed by atoms with E-state index in [4.69, 9.17) is 14.9 Å². The Morgan fingerprint density at radius 3 is 2.73 bits per heavy atom. The van der Waals surface area contributed by atoms with Crippen molar-refractivity contribution in [3.05, 3.63) is 0 Å². The van der Waals surface area contributed by atoms with Crippen molar-refractivity contribution in [3.63, 3.8) is 0 Å². The van der Waals surface area contributed by atoms with Crippen LogP contribution in [0, 0.1) is 0 Å². The number of methoxy groups -OCH3 is 1. The van der Waals surface area contributed by atoms with E-state index in [0.29, 0.717) is 0 Å². The van der Waals surface area contributed by atoms with Crippen molar-refractivity contribution >= 4 is 0 Å². The monoisotopic (exact) mass is 166 g/mol. The van der Waals surface area contributed by atoms with Crippen LogP contribution in [0.15, 0.2) is 0 Å². The third-order valence-electron chi connectivity index (χ3n) is 1.64. The summed E-state index contributed by atoms with van der Waals surface area (Å²) in [5.74, 6) is 0. The molecule has 4 nitrogen and oxygen atoms in total. The highest BCUT2D eigenvalue weighted by molar-refractivity contribution is 4.82. The second-order valence-electron chi connectivity index (χ2n) is 2.44. The Hall–Kier alpha value is -0.230. The molecule has 0 amide bonds. The molecule has 0 aromatic rings. The lowest BCUT2D eigenvalue weighted by molar-refractivity contribution is -0.249. The van der Waals surface area contributed by atoms with E-state index in [1.54, 1.807) is 0 Å². The molecule has 1 heterocycles. The first kappa shape index (κ1) is 8.86. The second-order valence-corrected chi connectivity index (χ2v) is 2.44. The summed E-state index contributed by atoms with van der Waals surface area (Å²) in [7, 11) is 1.30. The summed E-state index contributed by atoms with van der Waals surface area (Å²) in [6.07, 6.45) is -5.30. The van der Waals surface area contributed by atoms with E-state index in [2.05, 4.69) is 4.74 Å². The molecule has 4 atom stereocenters. The fourth-order valence-electron chi connectivity index (χ4n) is 0.969. The number of hydrogen-bond donors (Lipinski definition) is 2. The number of rotatable bonds is 1. The molecule has 0 spiro atoms. The molecule has 11 heavy (non-hydrogen) atoms. The fraction of sp³-hybridized carbons (Fsp3) is 1.00. The van der Waals surface area contributed by atoms with Crippen molar-refractivity contribution < 1.29 is 24.1 Å². The van der Waals surface area contributed by atoms with Crippen molar-refractivity contribution in [2.45, 2.75) is 24.7 Å². The second kappa shape index (κ2) is 3.44. The van der Waals surface area contributed by atoms with Crippen LogP contribution in [-0.4, -0.2) is 48.6 Å². The minimum atomic E-state index is -1.69. The zero-order chi connectivity index (χ0) is 8.43. The summed E-state index contributed by atoms with van der Waals surface area (Å²) < 4.78 is 22.1. The van der Waals surface area contributed by atoms with E-state index in [9.17, 15) is 4.39 Å². The smallest absolute Gasteiger partial charge is 0.186 e. The summed E-state index contributed by atoms with van der Waals surface area (Å²) in [4.78, 5) is 0. The van der Waals surface area contributed by atoms with Gasteiger partial charge in [0.15, 0.2) is 12.5 Å². The predicted octanol–water partition coefficient (Wildman–Crippen LogP) is -0.951. The van der Waals surface area contributed by atoms with Crippen molar-refractivity contribution in [2.75, 3.05) is 13.7 Å². The lowest BCUT2D eigenvalue weighted by atomic mass is 10.1. The van der Waals surface area contributed by atoms with Gasteiger partial charge < -0.3 is 19.7 Å². The number of halogens is 1. The maximum Gasteiger partial charge on any atom is 0.186 e. The Morgan fingerprint density at radius 2 is 2.18 bits per heavy atom. The van der Waals surface area contributed by atoms with Gasteiger partial charge in [-0.2, -0.15) is 0 Å². The van der Waals surface area contributed by atoms with Gasteiger partial charge in [-0.15, -0.1) is 0 Å². The predicted molar refractivity (Wildman–Crippen MR) is 33.7 cm³/mol. The molecule has 0 aliphatic carbocycles. The first-order valence-corrected chi connectivity index (χ1v) is 3.31. The molecule has 1 fully saturated rings. The molecule has 0 aromatic carbocycles. The molecular formula is C6H11FO4. The number of hydrogen-bond acceptors (Lipinski definition) is 4. The highest BCUT2D eigenvalue weighted by atomic mass is 19.1. The SMILES string of the molecule is CO[C@H]1OC[C@H](O)[C@@H](F)[C@@H]1O. The summed E-state index contributed by atoms with van der Waals surface area (Å²) in [5.41, 5.74) is 0. The minimum absolute atomic E-state index is 0.142. The average molecular weight is 166 g/mol. The molecule has 2 N–H and O–H groups in total. The third-order valence-corrected chi connectivity index (χ3v) is 1.64. The van der Waals surface area contributed by atoms with Gasteiger partial charge in [0.05, 0.1) is 6.61 Å². The van der Waals surface area contributed by atoms with Gasteiger partial charge in [0.25, 0.3) is 0 Å². The molecule has 1 saturated heterocycles. The van der Waals surface area contributed by atoms with Gasteiger partial charge >= 0.3 is 0 Å². The molecule has 0 bridgehead atoms. The standard InChI is InChI=1S/C6H11FO4/c1-10-6-5(9)4(7)3(8)2-11-6/h3-6,8-9H,2H2,1H3/t3-,4+,5-,6-/m0/s1. The molecule has 1 aliphatic heterocycles. The Labute approximate surface area is 63.5 Å². The quantitative estimate of drug-likeness (QED) is 0.527. The average Bonchev–Trinajstić information content (AvgIpc) is 2.01. The van der Waals surface area contributed by atoms with E-state index >= 15 is 0 Å². The molecule has 0 unspecified atom stereocenters. The van der Waals surface area contributed by atoms with Crippen LogP contribution in [0.4, 0.5) is 4.39 Å². The normalized spacial score (nSPS) is 45.8. The van der Waals surface area contributed by atoms with Crippen molar-refractivity contribution in [1.82, 2.24) is 0 Å². The van der Waals surface area contributed by atoms with Gasteiger partial charge in [-0.25, -0.2) is 4.39 Å². The van der Waals surface area contributed by atoms with Gasteiger partial charge in [0.1, 0.15) is 12.2 Å². The highest BCUT2D eigenvalue weighted by Gasteiger charge is 2.38. The molecule has 0 saturated carbocycles. The molecule has 0 aromatic heterocycles. The van der Waals surface area contributed by atoms with Gasteiger partial charge in [-0.1, -0.05) is 0 Å². The lowest BCUT2D eigenvalue weighted by Gasteiger charge is -2.32. The van der Waals surface area contributed by atoms with Gasteiger partial charge in [0.2, 0.25) is 0 Å². The van der Waals surface area contributed by atoms with Crippen LogP contribution in [0.5, 0.6) is 0 Å². The van der Waals surface area contributed by atoms with Crippen LogP contribution in [0.1, 0.15) is 0 Å². The van der Waals surface area contributed by atoms with E-state index in [1.165, 1.54) is 7.11 Å². The molecular weight excluding hydrogens is 155 g/mol. The van der Waals surface area contributed by atoms with Crippen LogP contribution in [0.3, 0.4) is 0 Å². The first-order valence-electron chi connectivity index (χ1n) is 3.31. The number of ether oxygens (including phenoxy) is 2. The van der Waals surface area contributed by atoms with Crippen molar-refractivity contribution in [1.29, 1.82) is 0 Å². The van der Waals surface area contributed by atoms with E-state index in [-0.39, 0.29) is 6.61 Å². The number of aliphatic hydroxyl groups excluding tert-OH is 2. The van der Waals surface area contributed by atoms with E-state index in [1.807, 2.05) is 0 Å². The topological polar surface area (TPSA) is 58.9 Å². The van der Waals surface area contributed by atoms with Crippen molar-refractivity contribution in [2.24, 2.45) is 0 Å². The van der Waals surface area contributed by atoms with Gasteiger partial charge in [-0.3, -0.25) is 0 Å². The lowest BCUT2D eigenvalue weighted by Crippen LogP contribution is -2.51. The molecule has 5 heteroatoms. The summed E-state index contributed by atoms with van der Waals surface area (Å²) in [6.45, 7) is -0.142. The maximum absolute atomic E-state index is 12.7. The van der Waals surface area contributed by atoms with Crippen LogP contribution in [0.2, 0.25) is 0 Å². The van der Waals surface area contributed by atoms with Crippen molar-refractivity contribution in [3.8, 4) is 0 Å². The highest BCUT2D eigenvalue weighted by Crippen LogP contribution is 2.18. The zero-order valence-electron chi connectivity index (χ0n) is 6.11. The minimum Gasteiger partial charge on any atom is -0.388 e. The summed E-state index contributed by atoms with van der Waals surface area (Å²) in [5, 5.41) is 17.9. The zero-order valence-corrected chi connectivity index (χ0v) is 6.11. The molecule has 1 rings (SSSR count). The Kier molecular flexibility index (Phi) is 2.78. The van der Waals surface area contributed by atoms with E-state index < -0.39 is 24.7 Å². The molecule has 1 aliphatic rings. The Balaban J connectivity index is 2.52. The largest absolute Gasteiger partial charge is 0.388 e.